The van der Waals surface area contributed by atoms with Gasteiger partial charge in [-0.1, -0.05) is 38.1 Å². The lowest BCUT2D eigenvalue weighted by Gasteiger charge is -2.08. The Morgan fingerprint density at radius 1 is 1.12 bits per heavy atom. The molecule has 0 saturated heterocycles. The predicted octanol–water partition coefficient (Wildman–Crippen LogP) is 3.29. The third kappa shape index (κ3) is 4.58. The first kappa shape index (κ1) is 18.0. The molecular formula is C18H22N2O3S. The summed E-state index contributed by atoms with van der Waals surface area (Å²) in [6.45, 7) is 5.86. The van der Waals surface area contributed by atoms with Crippen molar-refractivity contribution in [1.29, 1.82) is 0 Å². The minimum atomic E-state index is -3.74. The molecule has 0 unspecified atom stereocenters. The molecule has 2 N–H and O–H groups in total. The summed E-state index contributed by atoms with van der Waals surface area (Å²) in [6, 6.07) is 13.4. The van der Waals surface area contributed by atoms with E-state index in [-0.39, 0.29) is 10.6 Å². The zero-order chi connectivity index (χ0) is 17.7. The molecule has 24 heavy (non-hydrogen) atoms. The van der Waals surface area contributed by atoms with Crippen LogP contribution in [-0.2, 0) is 16.4 Å². The largest absolute Gasteiger partial charge is 0.507 e. The molecule has 0 aliphatic heterocycles. The summed E-state index contributed by atoms with van der Waals surface area (Å²) >= 11 is 0. The number of para-hydroxylation sites is 1. The molecule has 128 valence electrons. The topological polar surface area (TPSA) is 78.8 Å². The van der Waals surface area contributed by atoms with Gasteiger partial charge in [0.2, 0.25) is 0 Å². The molecule has 0 amide bonds. The van der Waals surface area contributed by atoms with E-state index in [1.54, 1.807) is 37.3 Å². The Kier molecular flexibility index (Phi) is 5.62. The summed E-state index contributed by atoms with van der Waals surface area (Å²) in [6.07, 6.45) is 0.901. The Bertz CT molecular complexity index is 826. The van der Waals surface area contributed by atoms with E-state index in [0.29, 0.717) is 17.2 Å². The van der Waals surface area contributed by atoms with E-state index in [4.69, 9.17) is 0 Å². The number of rotatable bonds is 6. The van der Waals surface area contributed by atoms with Crippen LogP contribution in [0.5, 0.6) is 5.75 Å². The van der Waals surface area contributed by atoms with Crippen LogP contribution in [0.25, 0.3) is 0 Å². The summed E-state index contributed by atoms with van der Waals surface area (Å²) < 4.78 is 24.6. The molecule has 0 spiro atoms. The van der Waals surface area contributed by atoms with Gasteiger partial charge in [0, 0.05) is 5.56 Å². The van der Waals surface area contributed by atoms with Crippen molar-refractivity contribution in [3.63, 3.8) is 0 Å². The Morgan fingerprint density at radius 2 is 1.75 bits per heavy atom. The van der Waals surface area contributed by atoms with Crippen molar-refractivity contribution in [2.45, 2.75) is 32.1 Å². The lowest BCUT2D eigenvalue weighted by molar-refractivity contribution is 0.474. The molecule has 0 radical (unpaired) electrons. The molecule has 2 rings (SSSR count). The summed E-state index contributed by atoms with van der Waals surface area (Å²) in [4.78, 5) is 2.37. The first-order valence-electron chi connectivity index (χ1n) is 7.73. The average molecular weight is 346 g/mol. The number of hydrogen-bond donors (Lipinski definition) is 2. The molecule has 5 nitrogen and oxygen atoms in total. The SMILES string of the molecule is CC(=NNS(=O)(=O)c1ccc(CC(C)C)cc1)c1ccccc1O. The molecule has 6 heteroatoms. The Morgan fingerprint density at radius 3 is 2.33 bits per heavy atom. The van der Waals surface area contributed by atoms with Crippen LogP contribution in [0.3, 0.4) is 0 Å². The number of benzene rings is 2. The molecule has 0 bridgehead atoms. The van der Waals surface area contributed by atoms with E-state index in [1.165, 1.54) is 6.07 Å². The molecular weight excluding hydrogens is 324 g/mol. The van der Waals surface area contributed by atoms with Gasteiger partial charge >= 0.3 is 0 Å². The number of hydrogen-bond acceptors (Lipinski definition) is 4. The van der Waals surface area contributed by atoms with Crippen LogP contribution in [0.1, 0.15) is 31.9 Å². The van der Waals surface area contributed by atoms with E-state index in [2.05, 4.69) is 23.8 Å². The summed E-state index contributed by atoms with van der Waals surface area (Å²) in [5.41, 5.74) is 1.96. The highest BCUT2D eigenvalue weighted by molar-refractivity contribution is 7.89. The number of sulfonamides is 1. The molecule has 2 aromatic carbocycles. The van der Waals surface area contributed by atoms with Gasteiger partial charge in [-0.15, -0.1) is 0 Å². The van der Waals surface area contributed by atoms with Crippen molar-refractivity contribution in [2.75, 3.05) is 0 Å². The molecule has 2 aromatic rings. The van der Waals surface area contributed by atoms with Crippen LogP contribution in [0.2, 0.25) is 0 Å². The molecule has 0 heterocycles. The maximum atomic E-state index is 12.3. The number of nitrogens with one attached hydrogen (secondary N) is 1. The van der Waals surface area contributed by atoms with Crippen molar-refractivity contribution >= 4 is 15.7 Å². The van der Waals surface area contributed by atoms with Crippen molar-refractivity contribution in [2.24, 2.45) is 11.0 Å². The monoisotopic (exact) mass is 346 g/mol. The second-order valence-corrected chi connectivity index (χ2v) is 7.71. The molecule has 0 fully saturated rings. The number of phenols is 1. The highest BCUT2D eigenvalue weighted by atomic mass is 32.2. The van der Waals surface area contributed by atoms with Crippen molar-refractivity contribution in [3.8, 4) is 5.75 Å². The summed E-state index contributed by atoms with van der Waals surface area (Å²) in [5.74, 6) is 0.562. The third-order valence-corrected chi connectivity index (χ3v) is 4.73. The minimum absolute atomic E-state index is 0.0518. The van der Waals surface area contributed by atoms with Gasteiger partial charge in [-0.2, -0.15) is 18.4 Å². The first-order valence-corrected chi connectivity index (χ1v) is 9.21. The first-order chi connectivity index (χ1) is 11.3. The van der Waals surface area contributed by atoms with Gasteiger partial charge in [-0.05, 0) is 49.1 Å². The van der Waals surface area contributed by atoms with E-state index in [1.807, 2.05) is 12.1 Å². The van der Waals surface area contributed by atoms with Crippen molar-refractivity contribution in [1.82, 2.24) is 4.83 Å². The van der Waals surface area contributed by atoms with Gasteiger partial charge in [0.15, 0.2) is 0 Å². The highest BCUT2D eigenvalue weighted by Gasteiger charge is 2.13. The molecule has 0 saturated carbocycles. The fraction of sp³-hybridized carbons (Fsp3) is 0.278. The molecule has 0 atom stereocenters. The average Bonchev–Trinajstić information content (AvgIpc) is 2.53. The van der Waals surface area contributed by atoms with Gasteiger partial charge < -0.3 is 5.11 Å². The number of phenolic OH excluding ortho intramolecular Hbond substituents is 1. The molecule has 0 aliphatic rings. The Labute approximate surface area is 143 Å². The maximum absolute atomic E-state index is 12.3. The third-order valence-electron chi connectivity index (χ3n) is 3.50. The zero-order valence-electron chi connectivity index (χ0n) is 14.0. The van der Waals surface area contributed by atoms with Crippen molar-refractivity contribution < 1.29 is 13.5 Å². The smallest absolute Gasteiger partial charge is 0.276 e. The number of aromatic hydroxyl groups is 1. The summed E-state index contributed by atoms with van der Waals surface area (Å²) in [7, 11) is -3.74. The number of hydrazone groups is 1. The fourth-order valence-corrected chi connectivity index (χ4v) is 3.15. The van der Waals surface area contributed by atoms with Gasteiger partial charge in [0.1, 0.15) is 5.75 Å². The number of nitrogens with zero attached hydrogens (tertiary/aromatic N) is 1. The van der Waals surface area contributed by atoms with E-state index in [0.717, 1.165) is 12.0 Å². The highest BCUT2D eigenvalue weighted by Crippen LogP contribution is 2.17. The van der Waals surface area contributed by atoms with Gasteiger partial charge in [0.25, 0.3) is 10.0 Å². The second-order valence-electron chi connectivity index (χ2n) is 6.05. The lowest BCUT2D eigenvalue weighted by Crippen LogP contribution is -2.20. The van der Waals surface area contributed by atoms with Crippen LogP contribution in [0.4, 0.5) is 0 Å². The second kappa shape index (κ2) is 7.49. The maximum Gasteiger partial charge on any atom is 0.276 e. The zero-order valence-corrected chi connectivity index (χ0v) is 14.8. The van der Waals surface area contributed by atoms with Crippen LogP contribution in [0.15, 0.2) is 58.5 Å². The van der Waals surface area contributed by atoms with Crippen molar-refractivity contribution in [3.05, 3.63) is 59.7 Å². The molecule has 0 aromatic heterocycles. The van der Waals surface area contributed by atoms with Gasteiger partial charge in [-0.25, -0.2) is 0 Å². The van der Waals surface area contributed by atoms with Crippen LogP contribution in [0, 0.1) is 5.92 Å². The van der Waals surface area contributed by atoms with Gasteiger partial charge in [0.05, 0.1) is 10.6 Å². The van der Waals surface area contributed by atoms with E-state index in [9.17, 15) is 13.5 Å². The lowest BCUT2D eigenvalue weighted by atomic mass is 10.0. The molecule has 0 aliphatic carbocycles. The Hall–Kier alpha value is -2.34. The van der Waals surface area contributed by atoms with Crippen LogP contribution >= 0.6 is 0 Å². The summed E-state index contributed by atoms with van der Waals surface area (Å²) in [5, 5.41) is 13.7. The van der Waals surface area contributed by atoms with E-state index < -0.39 is 10.0 Å². The predicted molar refractivity (Wildman–Crippen MR) is 95.6 cm³/mol. The fourth-order valence-electron chi connectivity index (χ4n) is 2.30. The van der Waals surface area contributed by atoms with E-state index >= 15 is 0 Å². The quantitative estimate of drug-likeness (QED) is 0.622. The Balaban J connectivity index is 2.16. The van der Waals surface area contributed by atoms with Gasteiger partial charge in [-0.3, -0.25) is 0 Å². The van der Waals surface area contributed by atoms with Crippen LogP contribution < -0.4 is 4.83 Å². The van der Waals surface area contributed by atoms with Crippen LogP contribution in [-0.4, -0.2) is 19.2 Å². The normalized spacial score (nSPS) is 12.4. The minimum Gasteiger partial charge on any atom is -0.507 e. The standard InChI is InChI=1S/C18H22N2O3S/c1-13(2)12-15-8-10-16(11-9-15)24(22,23)20-19-14(3)17-6-4-5-7-18(17)21/h4-11,13,20-21H,12H2,1-3H3.